The number of nitrogens with one attached hydrogen (secondary N) is 1. The topological polar surface area (TPSA) is 34.1 Å². The third-order valence-electron chi connectivity index (χ3n) is 5.05. The second kappa shape index (κ2) is 6.45. The number of pyridine rings is 1. The van der Waals surface area contributed by atoms with Gasteiger partial charge in [0.1, 0.15) is 5.75 Å². The number of aromatic nitrogens is 1. The molecular weight excluding hydrogens is 308 g/mol. The molecule has 1 saturated heterocycles. The number of benzene rings is 1. The zero-order chi connectivity index (χ0) is 18.2. The fraction of sp³-hybridized carbons (Fsp3) is 0.500. The predicted octanol–water partition coefficient (Wildman–Crippen LogP) is 5.51. The first-order valence-corrected chi connectivity index (χ1v) is 9.15. The van der Waals surface area contributed by atoms with Crippen LogP contribution in [0.5, 0.6) is 11.6 Å². The first kappa shape index (κ1) is 17.9. The predicted molar refractivity (Wildman–Crippen MR) is 103 cm³/mol. The quantitative estimate of drug-likeness (QED) is 0.800. The summed E-state index contributed by atoms with van der Waals surface area (Å²) in [6.07, 6.45) is 3.97. The van der Waals surface area contributed by atoms with Crippen molar-refractivity contribution in [2.45, 2.75) is 71.4 Å². The van der Waals surface area contributed by atoms with E-state index in [1.165, 1.54) is 16.7 Å². The van der Waals surface area contributed by atoms with Crippen molar-refractivity contribution in [1.82, 2.24) is 10.3 Å². The average molecular weight is 338 g/mol. The normalized spacial score (nSPS) is 19.6. The maximum atomic E-state index is 6.28. The zero-order valence-electron chi connectivity index (χ0n) is 16.3. The van der Waals surface area contributed by atoms with Gasteiger partial charge < -0.3 is 10.1 Å². The van der Waals surface area contributed by atoms with Gasteiger partial charge in [0.05, 0.1) is 0 Å². The molecule has 1 N–H and O–H groups in total. The molecule has 0 saturated carbocycles. The van der Waals surface area contributed by atoms with Crippen molar-refractivity contribution in [3.63, 3.8) is 0 Å². The number of rotatable bonds is 3. The molecule has 0 spiro atoms. The molecule has 3 rings (SSSR count). The summed E-state index contributed by atoms with van der Waals surface area (Å²) in [5.74, 6) is 2.10. The lowest BCUT2D eigenvalue weighted by molar-refractivity contribution is 0.160. The van der Waals surface area contributed by atoms with E-state index in [1.807, 2.05) is 18.2 Å². The van der Waals surface area contributed by atoms with Crippen molar-refractivity contribution in [2.24, 2.45) is 0 Å². The molecule has 1 aromatic heterocycles. The number of hydrogen-bond donors (Lipinski definition) is 1. The van der Waals surface area contributed by atoms with Crippen molar-refractivity contribution < 1.29 is 4.74 Å². The summed E-state index contributed by atoms with van der Waals surface area (Å²) in [5.41, 5.74) is 4.01. The fourth-order valence-corrected chi connectivity index (χ4v) is 4.49. The molecule has 0 atom stereocenters. The maximum Gasteiger partial charge on any atom is 0.219 e. The van der Waals surface area contributed by atoms with Gasteiger partial charge in [-0.2, -0.15) is 0 Å². The Kier molecular flexibility index (Phi) is 4.63. The molecule has 25 heavy (non-hydrogen) atoms. The minimum absolute atomic E-state index is 0.102. The second-order valence-corrected chi connectivity index (χ2v) is 8.71. The Hall–Kier alpha value is -1.87. The van der Waals surface area contributed by atoms with Gasteiger partial charge in [-0.3, -0.25) is 0 Å². The highest BCUT2D eigenvalue weighted by atomic mass is 16.5. The van der Waals surface area contributed by atoms with Gasteiger partial charge >= 0.3 is 0 Å². The SMILES string of the molecule is Cc1ccc(C)c(C2CC(C)(C)NC(C)(C)C2)c1Oc1ccccn1. The van der Waals surface area contributed by atoms with Crippen LogP contribution in [0, 0.1) is 13.8 Å². The third-order valence-corrected chi connectivity index (χ3v) is 5.05. The molecule has 2 aromatic rings. The van der Waals surface area contributed by atoms with E-state index in [0.717, 1.165) is 18.6 Å². The first-order chi connectivity index (χ1) is 11.7. The molecule has 0 amide bonds. The Morgan fingerprint density at radius 3 is 2.20 bits per heavy atom. The second-order valence-electron chi connectivity index (χ2n) is 8.71. The van der Waals surface area contributed by atoms with Gasteiger partial charge in [0.15, 0.2) is 0 Å². The fourth-order valence-electron chi connectivity index (χ4n) is 4.49. The highest BCUT2D eigenvalue weighted by molar-refractivity contribution is 5.49. The van der Waals surface area contributed by atoms with Crippen LogP contribution >= 0.6 is 0 Å². The van der Waals surface area contributed by atoms with Crippen molar-refractivity contribution >= 4 is 0 Å². The van der Waals surface area contributed by atoms with Crippen LogP contribution in [0.1, 0.15) is 63.1 Å². The molecule has 3 heteroatoms. The Morgan fingerprint density at radius 2 is 1.60 bits per heavy atom. The molecule has 0 unspecified atom stereocenters. The summed E-state index contributed by atoms with van der Waals surface area (Å²) in [6, 6.07) is 10.2. The monoisotopic (exact) mass is 338 g/mol. The van der Waals surface area contributed by atoms with Gasteiger partial charge in [0.25, 0.3) is 0 Å². The summed E-state index contributed by atoms with van der Waals surface area (Å²) in [4.78, 5) is 4.35. The van der Waals surface area contributed by atoms with Gasteiger partial charge in [-0.15, -0.1) is 0 Å². The van der Waals surface area contributed by atoms with Crippen molar-refractivity contribution in [1.29, 1.82) is 0 Å². The van der Waals surface area contributed by atoms with Crippen LogP contribution in [0.25, 0.3) is 0 Å². The maximum absolute atomic E-state index is 6.28. The summed E-state index contributed by atoms with van der Waals surface area (Å²) >= 11 is 0. The lowest BCUT2D eigenvalue weighted by atomic mass is 9.72. The molecule has 1 aromatic carbocycles. The number of hydrogen-bond acceptors (Lipinski definition) is 3. The van der Waals surface area contributed by atoms with E-state index in [2.05, 4.69) is 64.0 Å². The smallest absolute Gasteiger partial charge is 0.219 e. The molecule has 1 aliphatic heterocycles. The highest BCUT2D eigenvalue weighted by Gasteiger charge is 2.39. The molecule has 1 aliphatic rings. The van der Waals surface area contributed by atoms with E-state index in [-0.39, 0.29) is 11.1 Å². The molecule has 2 heterocycles. The third kappa shape index (κ3) is 4.04. The van der Waals surface area contributed by atoms with Gasteiger partial charge in [-0.1, -0.05) is 18.2 Å². The summed E-state index contributed by atoms with van der Waals surface area (Å²) in [7, 11) is 0. The molecule has 0 aliphatic carbocycles. The summed E-state index contributed by atoms with van der Waals surface area (Å²) < 4.78 is 6.28. The van der Waals surface area contributed by atoms with E-state index in [4.69, 9.17) is 4.74 Å². The Morgan fingerprint density at radius 1 is 0.960 bits per heavy atom. The molecular formula is C22H30N2O. The standard InChI is InChI=1S/C22H30N2O/c1-15-10-11-16(2)20(25-18-9-7-8-12-23-18)19(15)17-13-21(3,4)24-22(5,6)14-17/h7-12,17,24H,13-14H2,1-6H3. The van der Waals surface area contributed by atoms with Gasteiger partial charge in [0, 0.05) is 28.9 Å². The first-order valence-electron chi connectivity index (χ1n) is 9.15. The Labute approximate surface area is 151 Å². The van der Waals surface area contributed by atoms with Crippen LogP contribution in [0.2, 0.25) is 0 Å². The zero-order valence-corrected chi connectivity index (χ0v) is 16.3. The minimum atomic E-state index is 0.102. The van der Waals surface area contributed by atoms with Crippen LogP contribution in [-0.4, -0.2) is 16.1 Å². The van der Waals surface area contributed by atoms with Crippen LogP contribution in [-0.2, 0) is 0 Å². The largest absolute Gasteiger partial charge is 0.438 e. The van der Waals surface area contributed by atoms with Crippen molar-refractivity contribution in [3.05, 3.63) is 53.2 Å². The van der Waals surface area contributed by atoms with E-state index in [1.54, 1.807) is 6.20 Å². The molecule has 0 radical (unpaired) electrons. The summed E-state index contributed by atoms with van der Waals surface area (Å²) in [6.45, 7) is 13.5. The van der Waals surface area contributed by atoms with E-state index < -0.39 is 0 Å². The molecule has 3 nitrogen and oxygen atoms in total. The highest BCUT2D eigenvalue weighted by Crippen LogP contribution is 2.45. The number of aryl methyl sites for hydroxylation is 2. The van der Waals surface area contributed by atoms with Crippen molar-refractivity contribution in [3.8, 4) is 11.6 Å². The van der Waals surface area contributed by atoms with Crippen LogP contribution < -0.4 is 10.1 Å². The van der Waals surface area contributed by atoms with Crippen LogP contribution in [0.3, 0.4) is 0 Å². The minimum Gasteiger partial charge on any atom is -0.438 e. The van der Waals surface area contributed by atoms with Gasteiger partial charge in [0.2, 0.25) is 5.88 Å². The average Bonchev–Trinajstić information content (AvgIpc) is 2.49. The van der Waals surface area contributed by atoms with Crippen LogP contribution in [0.4, 0.5) is 0 Å². The Balaban J connectivity index is 2.05. The lowest BCUT2D eigenvalue weighted by Crippen LogP contribution is -2.57. The van der Waals surface area contributed by atoms with Crippen LogP contribution in [0.15, 0.2) is 36.5 Å². The molecule has 0 bridgehead atoms. The van der Waals surface area contributed by atoms with E-state index in [0.29, 0.717) is 11.8 Å². The van der Waals surface area contributed by atoms with Gasteiger partial charge in [-0.05, 0) is 77.5 Å². The molecule has 134 valence electrons. The lowest BCUT2D eigenvalue weighted by Gasteiger charge is -2.47. The van der Waals surface area contributed by atoms with Crippen molar-refractivity contribution in [2.75, 3.05) is 0 Å². The number of nitrogens with zero attached hydrogens (tertiary/aromatic N) is 1. The number of ether oxygens (including phenoxy) is 1. The van der Waals surface area contributed by atoms with E-state index >= 15 is 0 Å². The van der Waals surface area contributed by atoms with Gasteiger partial charge in [-0.25, -0.2) is 4.98 Å². The number of piperidine rings is 1. The Bertz CT molecular complexity index is 734. The summed E-state index contributed by atoms with van der Waals surface area (Å²) in [5, 5.41) is 3.78. The van der Waals surface area contributed by atoms with E-state index in [9.17, 15) is 0 Å². The molecule has 1 fully saturated rings.